The Balaban J connectivity index is 1.77. The molecule has 0 aliphatic carbocycles. The van der Waals surface area contributed by atoms with E-state index in [1.54, 1.807) is 20.4 Å². The highest BCUT2D eigenvalue weighted by Gasteiger charge is 2.52. The number of rotatable bonds is 6. The molecule has 1 saturated heterocycles. The summed E-state index contributed by atoms with van der Waals surface area (Å²) in [4.78, 5) is 4.35. The fourth-order valence-electron chi connectivity index (χ4n) is 2.69. The molecule has 1 aromatic carbocycles. The number of hydrogen-bond donors (Lipinski definition) is 0. The molecule has 1 aromatic heterocycles. The number of methoxy groups -OCH3 is 2. The summed E-state index contributed by atoms with van der Waals surface area (Å²) in [6, 6.07) is 9.56. The lowest BCUT2D eigenvalue weighted by Crippen LogP contribution is -2.41. The van der Waals surface area contributed by atoms with E-state index in [0.29, 0.717) is 18.2 Å². The molecule has 1 aliphatic rings. The molecule has 2 heterocycles. The molecular weight excluding hydrogens is 345 g/mol. The van der Waals surface area contributed by atoms with Crippen molar-refractivity contribution in [1.29, 1.82) is 0 Å². The van der Waals surface area contributed by atoms with Crippen LogP contribution in [0.25, 0.3) is 0 Å². The number of hydrogen-bond acceptors (Lipinski definition) is 6. The molecule has 144 valence electrons. The van der Waals surface area contributed by atoms with E-state index >= 15 is 0 Å². The van der Waals surface area contributed by atoms with Gasteiger partial charge in [-0.05, 0) is 51.5 Å². The molecule has 6 nitrogen and oxygen atoms in total. The third kappa shape index (κ3) is 4.04. The van der Waals surface area contributed by atoms with Crippen molar-refractivity contribution in [2.45, 2.75) is 45.5 Å². The lowest BCUT2D eigenvalue weighted by Gasteiger charge is -2.32. The average molecular weight is 371 g/mol. The van der Waals surface area contributed by atoms with Crippen molar-refractivity contribution >= 4 is 12.6 Å². The maximum atomic E-state index is 6.09. The van der Waals surface area contributed by atoms with E-state index < -0.39 is 18.3 Å². The Labute approximate surface area is 160 Å². The van der Waals surface area contributed by atoms with Crippen LogP contribution in [0.15, 0.2) is 36.5 Å². The van der Waals surface area contributed by atoms with Crippen LogP contribution in [0.4, 0.5) is 0 Å². The first-order valence-corrected chi connectivity index (χ1v) is 8.91. The fraction of sp³-hybridized carbons (Fsp3) is 0.450. The van der Waals surface area contributed by atoms with Gasteiger partial charge >= 0.3 is 7.12 Å². The Morgan fingerprint density at radius 2 is 1.59 bits per heavy atom. The van der Waals surface area contributed by atoms with Crippen molar-refractivity contribution in [2.75, 3.05) is 14.2 Å². The van der Waals surface area contributed by atoms with Crippen LogP contribution in [0, 0.1) is 0 Å². The van der Waals surface area contributed by atoms with Gasteiger partial charge in [-0.25, -0.2) is 4.98 Å². The number of nitrogens with zero attached hydrogens (tertiary/aromatic N) is 1. The van der Waals surface area contributed by atoms with Crippen LogP contribution < -0.4 is 19.7 Å². The standard InChI is InChI=1S/C20H26BNO5/c1-19(2)20(3,4)27-21(26-19)15-11-17(18(24-6)22-12-15)25-13-14-7-9-16(23-5)10-8-14/h7-12H,13H2,1-6H3. The van der Waals surface area contributed by atoms with Crippen LogP contribution in [0.2, 0.25) is 0 Å². The molecule has 1 fully saturated rings. The second-order valence-electron chi connectivity index (χ2n) is 7.50. The van der Waals surface area contributed by atoms with E-state index in [-0.39, 0.29) is 0 Å². The molecule has 3 rings (SSSR count). The van der Waals surface area contributed by atoms with E-state index in [4.69, 9.17) is 23.5 Å². The third-order valence-corrected chi connectivity index (χ3v) is 5.11. The molecule has 0 N–H and O–H groups in total. The quantitative estimate of drug-likeness (QED) is 0.728. The molecule has 0 amide bonds. The minimum Gasteiger partial charge on any atom is -0.497 e. The minimum atomic E-state index is -0.503. The van der Waals surface area contributed by atoms with Gasteiger partial charge in [0, 0.05) is 11.7 Å². The first kappa shape index (κ1) is 19.5. The molecule has 0 unspecified atom stereocenters. The molecular formula is C20H26BNO5. The van der Waals surface area contributed by atoms with Crippen molar-refractivity contribution in [2.24, 2.45) is 0 Å². The van der Waals surface area contributed by atoms with Gasteiger partial charge in [0.2, 0.25) is 0 Å². The van der Waals surface area contributed by atoms with Gasteiger partial charge < -0.3 is 23.5 Å². The van der Waals surface area contributed by atoms with Crippen molar-refractivity contribution in [3.63, 3.8) is 0 Å². The van der Waals surface area contributed by atoms with E-state index in [9.17, 15) is 0 Å². The van der Waals surface area contributed by atoms with E-state index in [1.807, 2.05) is 58.0 Å². The molecule has 2 aromatic rings. The molecule has 0 atom stereocenters. The minimum absolute atomic E-state index is 0.384. The topological polar surface area (TPSA) is 59.0 Å². The molecule has 0 bridgehead atoms. The zero-order chi connectivity index (χ0) is 19.7. The summed E-state index contributed by atoms with van der Waals surface area (Å²) in [7, 11) is 2.71. The van der Waals surface area contributed by atoms with E-state index in [2.05, 4.69) is 4.98 Å². The molecule has 0 saturated carbocycles. The summed E-state index contributed by atoms with van der Waals surface area (Å²) < 4.78 is 28.6. The third-order valence-electron chi connectivity index (χ3n) is 5.11. The van der Waals surface area contributed by atoms with Gasteiger partial charge in [0.25, 0.3) is 5.88 Å². The van der Waals surface area contributed by atoms with Gasteiger partial charge in [-0.3, -0.25) is 0 Å². The van der Waals surface area contributed by atoms with Gasteiger partial charge in [-0.2, -0.15) is 0 Å². The first-order chi connectivity index (χ1) is 12.8. The Kier molecular flexibility index (Phi) is 5.35. The number of benzene rings is 1. The smallest absolute Gasteiger partial charge is 0.496 e. The summed E-state index contributed by atoms with van der Waals surface area (Å²) in [5, 5.41) is 0. The van der Waals surface area contributed by atoms with Gasteiger partial charge in [0.1, 0.15) is 12.4 Å². The predicted octanol–water partition coefficient (Wildman–Crippen LogP) is 2.98. The number of aromatic nitrogens is 1. The van der Waals surface area contributed by atoms with Crippen LogP contribution in [-0.4, -0.2) is 37.5 Å². The van der Waals surface area contributed by atoms with Gasteiger partial charge in [-0.15, -0.1) is 0 Å². The van der Waals surface area contributed by atoms with E-state index in [0.717, 1.165) is 16.8 Å². The zero-order valence-electron chi connectivity index (χ0n) is 16.7. The predicted molar refractivity (Wildman–Crippen MR) is 104 cm³/mol. The summed E-state index contributed by atoms with van der Waals surface area (Å²) >= 11 is 0. The molecule has 27 heavy (non-hydrogen) atoms. The SMILES string of the molecule is COc1ccc(COc2cc(B3OC(C)(C)C(C)(C)O3)cnc2OC)cc1. The van der Waals surface area contributed by atoms with Gasteiger partial charge in [0.05, 0.1) is 25.4 Å². The van der Waals surface area contributed by atoms with Crippen molar-refractivity contribution in [3.8, 4) is 17.4 Å². The highest BCUT2D eigenvalue weighted by Crippen LogP contribution is 2.37. The van der Waals surface area contributed by atoms with Crippen molar-refractivity contribution < 1.29 is 23.5 Å². The normalized spacial score (nSPS) is 17.6. The largest absolute Gasteiger partial charge is 0.497 e. The van der Waals surface area contributed by atoms with Crippen LogP contribution in [0.5, 0.6) is 17.4 Å². The summed E-state index contributed by atoms with van der Waals surface area (Å²) in [5.41, 5.74) is 0.974. The number of ether oxygens (including phenoxy) is 3. The van der Waals surface area contributed by atoms with Crippen LogP contribution in [0.1, 0.15) is 33.3 Å². The fourth-order valence-corrected chi connectivity index (χ4v) is 2.69. The Bertz CT molecular complexity index is 775. The van der Waals surface area contributed by atoms with Gasteiger partial charge in [-0.1, -0.05) is 12.1 Å². The Morgan fingerprint density at radius 1 is 0.963 bits per heavy atom. The summed E-state index contributed by atoms with van der Waals surface area (Å²) in [5.74, 6) is 1.77. The maximum Gasteiger partial charge on any atom is 0.496 e. The molecule has 1 aliphatic heterocycles. The monoisotopic (exact) mass is 371 g/mol. The number of pyridine rings is 1. The zero-order valence-corrected chi connectivity index (χ0v) is 16.7. The summed E-state index contributed by atoms with van der Waals surface area (Å²) in [6.07, 6.45) is 1.70. The van der Waals surface area contributed by atoms with Crippen molar-refractivity contribution in [1.82, 2.24) is 4.98 Å². The Morgan fingerprint density at radius 3 is 2.15 bits per heavy atom. The molecule has 0 radical (unpaired) electrons. The highest BCUT2D eigenvalue weighted by atomic mass is 16.7. The van der Waals surface area contributed by atoms with Crippen LogP contribution in [0.3, 0.4) is 0 Å². The highest BCUT2D eigenvalue weighted by molar-refractivity contribution is 6.62. The second-order valence-corrected chi connectivity index (χ2v) is 7.50. The molecule has 0 spiro atoms. The Hall–Kier alpha value is -2.25. The first-order valence-electron chi connectivity index (χ1n) is 8.91. The van der Waals surface area contributed by atoms with Crippen molar-refractivity contribution in [3.05, 3.63) is 42.1 Å². The van der Waals surface area contributed by atoms with Crippen LogP contribution >= 0.6 is 0 Å². The lowest BCUT2D eigenvalue weighted by atomic mass is 9.80. The van der Waals surface area contributed by atoms with Gasteiger partial charge in [0.15, 0.2) is 5.75 Å². The summed E-state index contributed by atoms with van der Waals surface area (Å²) in [6.45, 7) is 8.46. The van der Waals surface area contributed by atoms with Crippen LogP contribution in [-0.2, 0) is 15.9 Å². The van der Waals surface area contributed by atoms with E-state index in [1.165, 1.54) is 0 Å². The lowest BCUT2D eigenvalue weighted by molar-refractivity contribution is 0.00578. The second kappa shape index (κ2) is 7.41. The average Bonchev–Trinajstić information content (AvgIpc) is 2.87. The molecule has 7 heteroatoms. The maximum absolute atomic E-state index is 6.09.